The van der Waals surface area contributed by atoms with E-state index in [2.05, 4.69) is 35.3 Å². The monoisotopic (exact) mass is 214 g/mol. The molecule has 0 saturated heterocycles. The number of nitrogens with two attached hydrogens (primary N) is 2. The molecule has 0 aliphatic heterocycles. The lowest BCUT2D eigenvalue weighted by atomic mass is 10.1. The number of aryl methyl sites for hydroxylation is 1. The molecule has 2 rings (SSSR count). The zero-order valence-electron chi connectivity index (χ0n) is 9.14. The minimum absolute atomic E-state index is 0.285. The van der Waals surface area contributed by atoms with Crippen molar-refractivity contribution in [1.29, 1.82) is 0 Å². The molecule has 0 atom stereocenters. The molecule has 4 nitrogen and oxygen atoms in total. The summed E-state index contributed by atoms with van der Waals surface area (Å²) in [5, 5.41) is 7.81. The molecule has 4 heteroatoms. The predicted octanol–water partition coefficient (Wildman–Crippen LogP) is 1.54. The third kappa shape index (κ3) is 2.28. The van der Waals surface area contributed by atoms with Gasteiger partial charge in [-0.25, -0.2) is 0 Å². The van der Waals surface area contributed by atoms with Gasteiger partial charge in [-0.05, 0) is 18.6 Å². The molecule has 0 fully saturated rings. The van der Waals surface area contributed by atoms with Crippen LogP contribution >= 0.6 is 0 Å². The summed E-state index contributed by atoms with van der Waals surface area (Å²) < 4.78 is 0. The maximum Gasteiger partial charge on any atom is 0.169 e. The molecule has 1 heterocycles. The van der Waals surface area contributed by atoms with Crippen LogP contribution < -0.4 is 11.5 Å². The number of aromatic nitrogens is 2. The van der Waals surface area contributed by atoms with Crippen molar-refractivity contribution in [3.05, 3.63) is 47.2 Å². The highest BCUT2D eigenvalue weighted by Gasteiger charge is 2.02. The van der Waals surface area contributed by atoms with Crippen molar-refractivity contribution in [3.8, 4) is 0 Å². The van der Waals surface area contributed by atoms with Crippen molar-refractivity contribution < 1.29 is 0 Å². The van der Waals surface area contributed by atoms with E-state index in [4.69, 9.17) is 11.5 Å². The van der Waals surface area contributed by atoms with Gasteiger partial charge in [-0.2, -0.15) is 5.10 Å². The molecule has 0 radical (unpaired) electrons. The predicted molar refractivity (Wildman–Crippen MR) is 64.8 cm³/mol. The smallest absolute Gasteiger partial charge is 0.169 e. The molecular formula is C12H14N4. The van der Waals surface area contributed by atoms with Gasteiger partial charge in [0.1, 0.15) is 0 Å². The molecule has 0 spiro atoms. The van der Waals surface area contributed by atoms with Crippen LogP contribution in [0.4, 0.5) is 11.5 Å². The molecule has 0 saturated carbocycles. The van der Waals surface area contributed by atoms with Crippen LogP contribution in [0.25, 0.3) is 0 Å². The summed E-state index contributed by atoms with van der Waals surface area (Å²) in [6.45, 7) is 2.06. The summed E-state index contributed by atoms with van der Waals surface area (Å²) in [5.41, 5.74) is 14.9. The van der Waals surface area contributed by atoms with Crippen LogP contribution in [0.1, 0.15) is 16.8 Å². The Morgan fingerprint density at radius 3 is 2.62 bits per heavy atom. The molecule has 82 valence electrons. The van der Waals surface area contributed by atoms with Gasteiger partial charge in [-0.3, -0.25) is 0 Å². The highest BCUT2D eigenvalue weighted by Crippen LogP contribution is 2.14. The lowest BCUT2D eigenvalue weighted by Crippen LogP contribution is -2.03. The van der Waals surface area contributed by atoms with Crippen LogP contribution in [-0.4, -0.2) is 10.2 Å². The highest BCUT2D eigenvalue weighted by molar-refractivity contribution is 5.57. The quantitative estimate of drug-likeness (QED) is 0.794. The third-order valence-electron chi connectivity index (χ3n) is 2.37. The van der Waals surface area contributed by atoms with Gasteiger partial charge in [0.05, 0.1) is 11.4 Å². The van der Waals surface area contributed by atoms with Crippen molar-refractivity contribution in [2.24, 2.45) is 0 Å². The van der Waals surface area contributed by atoms with E-state index in [1.165, 1.54) is 11.1 Å². The van der Waals surface area contributed by atoms with Gasteiger partial charge in [-0.15, -0.1) is 5.10 Å². The first kappa shape index (κ1) is 10.4. The zero-order valence-corrected chi connectivity index (χ0v) is 9.14. The average Bonchev–Trinajstić information content (AvgIpc) is 2.24. The average molecular weight is 214 g/mol. The van der Waals surface area contributed by atoms with Crippen LogP contribution in [0.2, 0.25) is 0 Å². The molecule has 0 aliphatic rings. The Hall–Kier alpha value is -2.10. The van der Waals surface area contributed by atoms with Crippen molar-refractivity contribution in [3.63, 3.8) is 0 Å². The van der Waals surface area contributed by atoms with E-state index in [1.807, 2.05) is 6.07 Å². The first-order chi connectivity index (χ1) is 7.65. The van der Waals surface area contributed by atoms with Crippen molar-refractivity contribution >= 4 is 11.5 Å². The molecule has 1 aromatic carbocycles. The first-order valence-electron chi connectivity index (χ1n) is 5.08. The van der Waals surface area contributed by atoms with Gasteiger partial charge >= 0.3 is 0 Å². The zero-order chi connectivity index (χ0) is 11.5. The van der Waals surface area contributed by atoms with Gasteiger partial charge in [0.25, 0.3) is 0 Å². The van der Waals surface area contributed by atoms with Crippen molar-refractivity contribution in [1.82, 2.24) is 10.2 Å². The van der Waals surface area contributed by atoms with Crippen LogP contribution in [0, 0.1) is 6.92 Å². The molecular weight excluding hydrogens is 200 g/mol. The van der Waals surface area contributed by atoms with Gasteiger partial charge in [0.15, 0.2) is 5.82 Å². The Morgan fingerprint density at radius 2 is 1.94 bits per heavy atom. The molecule has 0 bridgehead atoms. The third-order valence-corrected chi connectivity index (χ3v) is 2.37. The van der Waals surface area contributed by atoms with Gasteiger partial charge in [0, 0.05) is 6.42 Å². The first-order valence-corrected chi connectivity index (χ1v) is 5.08. The van der Waals surface area contributed by atoms with E-state index in [-0.39, 0.29) is 5.82 Å². The van der Waals surface area contributed by atoms with Crippen LogP contribution in [-0.2, 0) is 6.42 Å². The van der Waals surface area contributed by atoms with Crippen LogP contribution in [0.15, 0.2) is 30.3 Å². The van der Waals surface area contributed by atoms with E-state index in [9.17, 15) is 0 Å². The van der Waals surface area contributed by atoms with E-state index < -0.39 is 0 Å². The minimum Gasteiger partial charge on any atom is -0.396 e. The number of hydrogen-bond acceptors (Lipinski definition) is 4. The molecule has 0 unspecified atom stereocenters. The lowest BCUT2D eigenvalue weighted by molar-refractivity contribution is 0.946. The topological polar surface area (TPSA) is 77.8 Å². The number of anilines is 2. The van der Waals surface area contributed by atoms with Crippen molar-refractivity contribution in [2.75, 3.05) is 11.5 Å². The summed E-state index contributed by atoms with van der Waals surface area (Å²) in [6.07, 6.45) is 0.721. The molecule has 0 amide bonds. The van der Waals surface area contributed by atoms with Gasteiger partial charge in [0.2, 0.25) is 0 Å². The largest absolute Gasteiger partial charge is 0.396 e. The summed E-state index contributed by atoms with van der Waals surface area (Å²) in [5.74, 6) is 0.285. The number of rotatable bonds is 2. The number of benzene rings is 1. The lowest BCUT2D eigenvalue weighted by Gasteiger charge is -2.03. The number of hydrogen-bond donors (Lipinski definition) is 2. The summed E-state index contributed by atoms with van der Waals surface area (Å²) >= 11 is 0. The SMILES string of the molecule is Cc1cccc(Cc2cc(N)c(N)nn2)c1. The van der Waals surface area contributed by atoms with E-state index in [0.29, 0.717) is 5.69 Å². The number of nitrogens with zero attached hydrogens (tertiary/aromatic N) is 2. The maximum atomic E-state index is 5.68. The van der Waals surface area contributed by atoms with Crippen LogP contribution in [0.3, 0.4) is 0 Å². The fraction of sp³-hybridized carbons (Fsp3) is 0.167. The van der Waals surface area contributed by atoms with E-state index in [0.717, 1.165) is 12.1 Å². The molecule has 0 aliphatic carbocycles. The molecule has 2 aromatic rings. The second-order valence-electron chi connectivity index (χ2n) is 3.84. The second-order valence-corrected chi connectivity index (χ2v) is 3.84. The normalized spacial score (nSPS) is 10.3. The Balaban J connectivity index is 2.24. The Bertz CT molecular complexity index is 508. The minimum atomic E-state index is 0.285. The Labute approximate surface area is 94.3 Å². The molecule has 16 heavy (non-hydrogen) atoms. The summed E-state index contributed by atoms with van der Waals surface area (Å²) in [7, 11) is 0. The highest BCUT2D eigenvalue weighted by atomic mass is 15.1. The van der Waals surface area contributed by atoms with Gasteiger partial charge in [-0.1, -0.05) is 29.8 Å². The molecule has 4 N–H and O–H groups in total. The fourth-order valence-electron chi connectivity index (χ4n) is 1.58. The van der Waals surface area contributed by atoms with Crippen molar-refractivity contribution in [2.45, 2.75) is 13.3 Å². The second kappa shape index (κ2) is 4.18. The van der Waals surface area contributed by atoms with E-state index >= 15 is 0 Å². The standard InChI is InChI=1S/C12H14N4/c1-8-3-2-4-9(5-8)6-10-7-11(13)12(14)16-15-10/h2-5,7H,6H2,1H3,(H2,13,15)(H2,14,16). The Morgan fingerprint density at radius 1 is 1.12 bits per heavy atom. The van der Waals surface area contributed by atoms with Crippen LogP contribution in [0.5, 0.6) is 0 Å². The summed E-state index contributed by atoms with van der Waals surface area (Å²) in [4.78, 5) is 0. The fourth-order valence-corrected chi connectivity index (χ4v) is 1.58. The van der Waals surface area contributed by atoms with E-state index in [1.54, 1.807) is 6.07 Å². The van der Waals surface area contributed by atoms with Gasteiger partial charge < -0.3 is 11.5 Å². The molecule has 1 aromatic heterocycles. The Kier molecular flexibility index (Phi) is 2.72. The number of nitrogen functional groups attached to an aromatic ring is 2. The maximum absolute atomic E-state index is 5.68. The summed E-state index contributed by atoms with van der Waals surface area (Å²) in [6, 6.07) is 10.0.